The van der Waals surface area contributed by atoms with Crippen molar-refractivity contribution in [3.05, 3.63) is 35.4 Å². The van der Waals surface area contributed by atoms with Crippen molar-refractivity contribution in [2.45, 2.75) is 50.5 Å². The van der Waals surface area contributed by atoms with Gasteiger partial charge in [-0.25, -0.2) is 4.79 Å². The lowest BCUT2D eigenvalue weighted by molar-refractivity contribution is -0.125. The smallest absolute Gasteiger partial charge is 0.322 e. The first-order chi connectivity index (χ1) is 13.9. The van der Waals surface area contributed by atoms with Gasteiger partial charge in [0.2, 0.25) is 0 Å². The second-order valence-corrected chi connectivity index (χ2v) is 8.87. The molecule has 0 radical (unpaired) electrons. The maximum atomic E-state index is 12.2. The number of nitrogens with zero attached hydrogens (tertiary/aromatic N) is 2. The van der Waals surface area contributed by atoms with Crippen LogP contribution in [0.4, 0.5) is 4.79 Å². The minimum absolute atomic E-state index is 0. The number of carbonyl (C=O) groups is 2. The summed E-state index contributed by atoms with van der Waals surface area (Å²) in [6.07, 6.45) is 4.09. The number of urea groups is 1. The fraction of sp³-hybridized carbons (Fsp3) is 0.591. The quantitative estimate of drug-likeness (QED) is 0.244. The standard InChI is InChI=1S/C22H31N5O2.HI/c1-15-6-4-5-7-17(15)22(10-11-22)14-24-19(23-3)27-12-8-16(9-13-27)21(2)18(28)25-20(29)26-21;/h4-7,16H,8-14H2,1-3H3,(H,23,24)(H2,25,26,28,29);1H. The number of carbonyl (C=O) groups excluding carboxylic acids is 2. The molecule has 3 aliphatic rings. The topological polar surface area (TPSA) is 85.8 Å². The molecule has 1 saturated carbocycles. The third kappa shape index (κ3) is 4.15. The van der Waals surface area contributed by atoms with Crippen LogP contribution < -0.4 is 16.0 Å². The number of hydrogen-bond acceptors (Lipinski definition) is 3. The summed E-state index contributed by atoms with van der Waals surface area (Å²) in [6.45, 7) is 6.55. The molecule has 1 aromatic rings. The molecule has 2 saturated heterocycles. The minimum atomic E-state index is -0.803. The molecule has 0 bridgehead atoms. The number of amides is 3. The normalized spacial score (nSPS) is 26.0. The zero-order valence-electron chi connectivity index (χ0n) is 18.0. The van der Waals surface area contributed by atoms with E-state index in [9.17, 15) is 9.59 Å². The van der Waals surface area contributed by atoms with Crippen molar-refractivity contribution < 1.29 is 9.59 Å². The number of aliphatic imine (C=N–C) groups is 1. The summed E-state index contributed by atoms with van der Waals surface area (Å²) < 4.78 is 0. The number of imide groups is 1. The fourth-order valence-corrected chi connectivity index (χ4v) is 4.95. The number of hydrogen-bond donors (Lipinski definition) is 3. The van der Waals surface area contributed by atoms with Crippen LogP contribution in [0.25, 0.3) is 0 Å². The Morgan fingerprint density at radius 3 is 2.43 bits per heavy atom. The Morgan fingerprint density at radius 2 is 1.90 bits per heavy atom. The van der Waals surface area contributed by atoms with E-state index in [-0.39, 0.29) is 47.2 Å². The zero-order chi connectivity index (χ0) is 20.6. The van der Waals surface area contributed by atoms with Crippen LogP contribution in [0.2, 0.25) is 0 Å². The number of rotatable bonds is 4. The molecule has 1 unspecified atom stereocenters. The van der Waals surface area contributed by atoms with E-state index in [1.54, 1.807) is 0 Å². The van der Waals surface area contributed by atoms with Gasteiger partial charge in [-0.3, -0.25) is 15.1 Å². The van der Waals surface area contributed by atoms with Crippen LogP contribution in [0, 0.1) is 12.8 Å². The number of guanidine groups is 1. The SMILES string of the molecule is CN=C(NCC1(c2ccccc2C)CC1)N1CCC(C2(C)NC(=O)NC2=O)CC1.I. The van der Waals surface area contributed by atoms with E-state index in [0.29, 0.717) is 0 Å². The van der Waals surface area contributed by atoms with Gasteiger partial charge in [0.25, 0.3) is 5.91 Å². The van der Waals surface area contributed by atoms with Crippen molar-refractivity contribution in [2.24, 2.45) is 10.9 Å². The number of benzene rings is 1. The number of piperidine rings is 1. The molecule has 3 fully saturated rings. The molecule has 3 amide bonds. The van der Waals surface area contributed by atoms with Crippen molar-refractivity contribution in [3.8, 4) is 0 Å². The van der Waals surface area contributed by atoms with E-state index in [4.69, 9.17) is 0 Å². The first kappa shape index (κ1) is 22.8. The molecule has 30 heavy (non-hydrogen) atoms. The van der Waals surface area contributed by atoms with Gasteiger partial charge in [0, 0.05) is 32.1 Å². The van der Waals surface area contributed by atoms with E-state index in [1.807, 2.05) is 14.0 Å². The largest absolute Gasteiger partial charge is 0.355 e. The summed E-state index contributed by atoms with van der Waals surface area (Å²) in [4.78, 5) is 30.6. The second-order valence-electron chi connectivity index (χ2n) is 8.87. The van der Waals surface area contributed by atoms with Gasteiger partial charge in [0.1, 0.15) is 5.54 Å². The molecule has 3 N–H and O–H groups in total. The molecule has 8 heteroatoms. The Labute approximate surface area is 195 Å². The van der Waals surface area contributed by atoms with Crippen LogP contribution in [-0.4, -0.2) is 55.0 Å². The van der Waals surface area contributed by atoms with Gasteiger partial charge in [-0.2, -0.15) is 0 Å². The highest BCUT2D eigenvalue weighted by atomic mass is 127. The molecule has 7 nitrogen and oxygen atoms in total. The lowest BCUT2D eigenvalue weighted by Gasteiger charge is -2.40. The van der Waals surface area contributed by atoms with E-state index in [2.05, 4.69) is 57.0 Å². The second kappa shape index (κ2) is 8.72. The van der Waals surface area contributed by atoms with Gasteiger partial charge in [-0.15, -0.1) is 24.0 Å². The number of likely N-dealkylation sites (tertiary alicyclic amines) is 1. The van der Waals surface area contributed by atoms with E-state index in [1.165, 1.54) is 24.0 Å². The number of nitrogens with one attached hydrogen (secondary N) is 3. The Kier molecular flexibility index (Phi) is 6.64. The third-order valence-electron chi connectivity index (χ3n) is 7.05. The molecule has 4 rings (SSSR count). The summed E-state index contributed by atoms with van der Waals surface area (Å²) in [5.74, 6) is 0.843. The van der Waals surface area contributed by atoms with E-state index < -0.39 is 5.54 Å². The van der Waals surface area contributed by atoms with Gasteiger partial charge in [-0.05, 0) is 56.6 Å². The van der Waals surface area contributed by atoms with Crippen LogP contribution in [-0.2, 0) is 10.2 Å². The molecular weight excluding hydrogens is 493 g/mol. The summed E-state index contributed by atoms with van der Waals surface area (Å²) in [5.41, 5.74) is 2.22. The number of halogens is 1. The lowest BCUT2D eigenvalue weighted by atomic mass is 9.79. The third-order valence-corrected chi connectivity index (χ3v) is 7.05. The van der Waals surface area contributed by atoms with Crippen LogP contribution in [0.1, 0.15) is 43.7 Å². The van der Waals surface area contributed by atoms with Crippen molar-refractivity contribution in [2.75, 3.05) is 26.7 Å². The first-order valence-corrected chi connectivity index (χ1v) is 10.5. The Hall–Kier alpha value is -1.84. The summed E-state index contributed by atoms with van der Waals surface area (Å²) in [7, 11) is 1.83. The minimum Gasteiger partial charge on any atom is -0.355 e. The van der Waals surface area contributed by atoms with Crippen LogP contribution in [0.3, 0.4) is 0 Å². The molecule has 1 aromatic carbocycles. The lowest BCUT2D eigenvalue weighted by Crippen LogP contribution is -2.55. The van der Waals surface area contributed by atoms with E-state index >= 15 is 0 Å². The maximum absolute atomic E-state index is 12.2. The highest BCUT2D eigenvalue weighted by Gasteiger charge is 2.49. The molecule has 164 valence electrons. The van der Waals surface area contributed by atoms with Crippen molar-refractivity contribution >= 4 is 41.9 Å². The van der Waals surface area contributed by atoms with Gasteiger partial charge in [-0.1, -0.05) is 24.3 Å². The molecule has 1 aliphatic carbocycles. The highest BCUT2D eigenvalue weighted by molar-refractivity contribution is 14.0. The van der Waals surface area contributed by atoms with E-state index in [0.717, 1.165) is 38.4 Å². The van der Waals surface area contributed by atoms with Gasteiger partial charge in [0.05, 0.1) is 0 Å². The molecule has 2 heterocycles. The predicted molar refractivity (Wildman–Crippen MR) is 128 cm³/mol. The van der Waals surface area contributed by atoms with Gasteiger partial charge >= 0.3 is 6.03 Å². The summed E-state index contributed by atoms with van der Waals surface area (Å²) in [5, 5.41) is 8.80. The predicted octanol–water partition coefficient (Wildman–Crippen LogP) is 2.53. The molecule has 2 aliphatic heterocycles. The molecule has 0 aromatic heterocycles. The van der Waals surface area contributed by atoms with Crippen LogP contribution >= 0.6 is 24.0 Å². The molecular formula is C22H32IN5O2. The monoisotopic (exact) mass is 525 g/mol. The Bertz CT molecular complexity index is 846. The van der Waals surface area contributed by atoms with Crippen LogP contribution in [0.5, 0.6) is 0 Å². The summed E-state index contributed by atoms with van der Waals surface area (Å²) in [6, 6.07) is 8.27. The maximum Gasteiger partial charge on any atom is 0.322 e. The van der Waals surface area contributed by atoms with Gasteiger partial charge in [0.15, 0.2) is 5.96 Å². The van der Waals surface area contributed by atoms with Crippen LogP contribution in [0.15, 0.2) is 29.3 Å². The Balaban J connectivity index is 0.00000256. The Morgan fingerprint density at radius 1 is 1.23 bits per heavy atom. The first-order valence-electron chi connectivity index (χ1n) is 10.5. The average molecular weight is 525 g/mol. The zero-order valence-corrected chi connectivity index (χ0v) is 20.3. The van der Waals surface area contributed by atoms with Crippen molar-refractivity contribution in [1.82, 2.24) is 20.9 Å². The van der Waals surface area contributed by atoms with Crippen molar-refractivity contribution in [1.29, 1.82) is 0 Å². The average Bonchev–Trinajstić information content (AvgIpc) is 3.44. The molecule has 0 spiro atoms. The molecule has 1 atom stereocenters. The van der Waals surface area contributed by atoms with Gasteiger partial charge < -0.3 is 15.5 Å². The highest BCUT2D eigenvalue weighted by Crippen LogP contribution is 2.48. The summed E-state index contributed by atoms with van der Waals surface area (Å²) >= 11 is 0. The number of aryl methyl sites for hydroxylation is 1. The fourth-order valence-electron chi connectivity index (χ4n) is 4.95. The van der Waals surface area contributed by atoms with Crippen molar-refractivity contribution in [3.63, 3.8) is 0 Å².